The van der Waals surface area contributed by atoms with E-state index in [1.165, 1.54) is 6.07 Å². The molecule has 2 rings (SSSR count). The minimum Gasteiger partial charge on any atom is -0.398 e. The maximum Gasteiger partial charge on any atom is 0.253 e. The van der Waals surface area contributed by atoms with Gasteiger partial charge in [-0.25, -0.2) is 13.2 Å². The lowest BCUT2D eigenvalue weighted by atomic mass is 10.1. The van der Waals surface area contributed by atoms with Gasteiger partial charge in [0.25, 0.3) is 5.91 Å². The van der Waals surface area contributed by atoms with Crippen LogP contribution in [-0.2, 0) is 6.54 Å². The van der Waals surface area contributed by atoms with Crippen LogP contribution in [0.3, 0.4) is 0 Å². The van der Waals surface area contributed by atoms with Crippen LogP contribution in [0.15, 0.2) is 36.4 Å². The molecule has 0 aliphatic carbocycles. The Labute approximate surface area is 113 Å². The quantitative estimate of drug-likeness (QED) is 0.849. The molecule has 3 N–H and O–H groups in total. The molecule has 0 fully saturated rings. The number of anilines is 1. The summed E-state index contributed by atoms with van der Waals surface area (Å²) in [6.07, 6.45) is 0. The average molecular weight is 280 g/mol. The van der Waals surface area contributed by atoms with Crippen LogP contribution in [-0.4, -0.2) is 5.91 Å². The zero-order chi connectivity index (χ0) is 14.7. The van der Waals surface area contributed by atoms with Crippen molar-refractivity contribution < 1.29 is 18.0 Å². The second kappa shape index (κ2) is 5.64. The topological polar surface area (TPSA) is 55.1 Å². The average Bonchev–Trinajstić information content (AvgIpc) is 2.39. The molecule has 0 saturated heterocycles. The number of rotatable bonds is 3. The summed E-state index contributed by atoms with van der Waals surface area (Å²) >= 11 is 0. The molecule has 0 spiro atoms. The number of nitrogens with one attached hydrogen (secondary N) is 1. The number of halogens is 3. The number of nitrogens with two attached hydrogens (primary N) is 1. The van der Waals surface area contributed by atoms with E-state index < -0.39 is 23.4 Å². The molecule has 1 amide bonds. The number of amides is 1. The second-order valence-corrected chi connectivity index (χ2v) is 4.15. The van der Waals surface area contributed by atoms with Gasteiger partial charge in [0.15, 0.2) is 0 Å². The predicted octanol–water partition coefficient (Wildman–Crippen LogP) is 2.62. The predicted molar refractivity (Wildman–Crippen MR) is 68.3 cm³/mol. The zero-order valence-corrected chi connectivity index (χ0v) is 10.3. The zero-order valence-electron chi connectivity index (χ0n) is 10.3. The molecule has 20 heavy (non-hydrogen) atoms. The Hall–Kier alpha value is -2.50. The summed E-state index contributed by atoms with van der Waals surface area (Å²) in [6.45, 7) is -0.195. The maximum atomic E-state index is 13.4. The third-order valence-corrected chi connectivity index (χ3v) is 2.71. The molecule has 0 saturated carbocycles. The summed E-state index contributed by atoms with van der Waals surface area (Å²) in [6, 6.07) is 6.28. The van der Waals surface area contributed by atoms with Gasteiger partial charge >= 0.3 is 0 Å². The van der Waals surface area contributed by atoms with Gasteiger partial charge in [-0.3, -0.25) is 4.79 Å². The van der Waals surface area contributed by atoms with Crippen LogP contribution in [0.4, 0.5) is 18.9 Å². The number of hydrogen-bond donors (Lipinski definition) is 2. The van der Waals surface area contributed by atoms with Gasteiger partial charge < -0.3 is 11.1 Å². The summed E-state index contributed by atoms with van der Waals surface area (Å²) in [5.41, 5.74) is 5.57. The molecular weight excluding hydrogens is 269 g/mol. The summed E-state index contributed by atoms with van der Waals surface area (Å²) in [5.74, 6) is -2.38. The minimum atomic E-state index is -0.626. The molecule has 3 nitrogen and oxygen atoms in total. The fraction of sp³-hybridized carbons (Fsp3) is 0.0714. The van der Waals surface area contributed by atoms with Crippen LogP contribution in [0.2, 0.25) is 0 Å². The molecular formula is C14H11F3N2O. The molecule has 0 aliphatic heterocycles. The van der Waals surface area contributed by atoms with Crippen molar-refractivity contribution in [2.75, 3.05) is 5.73 Å². The van der Waals surface area contributed by atoms with Crippen molar-refractivity contribution in [3.63, 3.8) is 0 Å². The summed E-state index contributed by atoms with van der Waals surface area (Å²) < 4.78 is 39.2. The minimum absolute atomic E-state index is 0.0130. The Morgan fingerprint density at radius 2 is 1.70 bits per heavy atom. The molecule has 104 valence electrons. The molecule has 0 bridgehead atoms. The molecule has 0 atom stereocenters. The van der Waals surface area contributed by atoms with Crippen LogP contribution in [0.25, 0.3) is 0 Å². The van der Waals surface area contributed by atoms with E-state index in [-0.39, 0.29) is 23.4 Å². The molecule has 2 aromatic rings. The van der Waals surface area contributed by atoms with E-state index in [1.54, 1.807) is 0 Å². The highest BCUT2D eigenvalue weighted by molar-refractivity contribution is 5.99. The van der Waals surface area contributed by atoms with E-state index in [0.717, 1.165) is 30.3 Å². The van der Waals surface area contributed by atoms with E-state index in [1.807, 2.05) is 0 Å². The smallest absolute Gasteiger partial charge is 0.253 e. The molecule has 0 aromatic heterocycles. The normalized spacial score (nSPS) is 10.3. The first-order valence-corrected chi connectivity index (χ1v) is 5.74. The Kier molecular flexibility index (Phi) is 3.93. The lowest BCUT2D eigenvalue weighted by molar-refractivity contribution is 0.0951. The molecule has 6 heteroatoms. The Morgan fingerprint density at radius 3 is 2.40 bits per heavy atom. The van der Waals surface area contributed by atoms with Gasteiger partial charge in [-0.1, -0.05) is 0 Å². The second-order valence-electron chi connectivity index (χ2n) is 4.15. The van der Waals surface area contributed by atoms with Crippen molar-refractivity contribution in [1.82, 2.24) is 5.32 Å². The van der Waals surface area contributed by atoms with Crippen molar-refractivity contribution >= 4 is 11.6 Å². The van der Waals surface area contributed by atoms with Gasteiger partial charge in [-0.05, 0) is 36.4 Å². The van der Waals surface area contributed by atoms with E-state index in [0.29, 0.717) is 0 Å². The Morgan fingerprint density at radius 1 is 1.05 bits per heavy atom. The molecule has 0 radical (unpaired) electrons. The first kappa shape index (κ1) is 13.9. The van der Waals surface area contributed by atoms with E-state index in [4.69, 9.17) is 5.73 Å². The van der Waals surface area contributed by atoms with E-state index in [2.05, 4.69) is 5.32 Å². The van der Waals surface area contributed by atoms with Gasteiger partial charge in [-0.2, -0.15) is 0 Å². The number of carbonyl (C=O) groups excluding carboxylic acids is 1. The van der Waals surface area contributed by atoms with Crippen molar-refractivity contribution in [2.24, 2.45) is 0 Å². The van der Waals surface area contributed by atoms with E-state index in [9.17, 15) is 18.0 Å². The SMILES string of the molecule is Nc1cc(F)ccc1C(=O)NCc1cc(F)ccc1F. The maximum absolute atomic E-state index is 13.4. The fourth-order valence-corrected chi connectivity index (χ4v) is 1.69. The molecule has 2 aromatic carbocycles. The Bertz CT molecular complexity index is 659. The Balaban J connectivity index is 2.10. The lowest BCUT2D eigenvalue weighted by Gasteiger charge is -2.08. The summed E-state index contributed by atoms with van der Waals surface area (Å²) in [7, 11) is 0. The third kappa shape index (κ3) is 3.09. The van der Waals surface area contributed by atoms with Crippen molar-refractivity contribution in [1.29, 1.82) is 0 Å². The molecule has 0 unspecified atom stereocenters. The van der Waals surface area contributed by atoms with E-state index >= 15 is 0 Å². The summed E-state index contributed by atoms with van der Waals surface area (Å²) in [4.78, 5) is 11.8. The van der Waals surface area contributed by atoms with Gasteiger partial charge in [-0.15, -0.1) is 0 Å². The highest BCUT2D eigenvalue weighted by Crippen LogP contribution is 2.14. The fourth-order valence-electron chi connectivity index (χ4n) is 1.69. The number of nitrogen functional groups attached to an aromatic ring is 1. The van der Waals surface area contributed by atoms with Gasteiger partial charge in [0.1, 0.15) is 17.5 Å². The standard InChI is InChI=1S/C14H11F3N2O/c15-9-2-4-12(17)8(5-9)7-19-14(20)11-3-1-10(16)6-13(11)18/h1-6H,7,18H2,(H,19,20). The van der Waals surface area contributed by atoms with Crippen molar-refractivity contribution in [3.8, 4) is 0 Å². The van der Waals surface area contributed by atoms with Crippen LogP contribution < -0.4 is 11.1 Å². The first-order chi connectivity index (χ1) is 9.47. The lowest BCUT2D eigenvalue weighted by Crippen LogP contribution is -2.24. The van der Waals surface area contributed by atoms with Crippen LogP contribution in [0.5, 0.6) is 0 Å². The number of benzene rings is 2. The third-order valence-electron chi connectivity index (χ3n) is 2.71. The monoisotopic (exact) mass is 280 g/mol. The number of carbonyl (C=O) groups is 1. The highest BCUT2D eigenvalue weighted by atomic mass is 19.1. The van der Waals surface area contributed by atoms with Gasteiger partial charge in [0.05, 0.1) is 5.56 Å². The van der Waals surface area contributed by atoms with Crippen molar-refractivity contribution in [3.05, 3.63) is 65.0 Å². The van der Waals surface area contributed by atoms with Crippen LogP contribution in [0.1, 0.15) is 15.9 Å². The van der Waals surface area contributed by atoms with Crippen molar-refractivity contribution in [2.45, 2.75) is 6.54 Å². The molecule has 0 heterocycles. The summed E-state index contributed by atoms with van der Waals surface area (Å²) in [5, 5.41) is 2.40. The largest absolute Gasteiger partial charge is 0.398 e. The first-order valence-electron chi connectivity index (χ1n) is 5.74. The van der Waals surface area contributed by atoms with Crippen LogP contribution >= 0.6 is 0 Å². The van der Waals surface area contributed by atoms with Gasteiger partial charge in [0, 0.05) is 17.8 Å². The number of hydrogen-bond acceptors (Lipinski definition) is 2. The van der Waals surface area contributed by atoms with Gasteiger partial charge in [0.2, 0.25) is 0 Å². The molecule has 0 aliphatic rings. The highest BCUT2D eigenvalue weighted by Gasteiger charge is 2.11. The van der Waals surface area contributed by atoms with Crippen LogP contribution in [0, 0.1) is 17.5 Å².